The van der Waals surface area contributed by atoms with Crippen LogP contribution in [-0.2, 0) is 5.75 Å². The van der Waals surface area contributed by atoms with Crippen LogP contribution in [0.15, 0.2) is 65.8 Å². The van der Waals surface area contributed by atoms with Gasteiger partial charge in [0.2, 0.25) is 5.16 Å². The molecule has 8 heteroatoms. The number of rotatable bonds is 9. The maximum absolute atomic E-state index is 12.8. The van der Waals surface area contributed by atoms with Gasteiger partial charge in [0, 0.05) is 48.5 Å². The molecule has 0 saturated carbocycles. The first-order chi connectivity index (χ1) is 16.0. The monoisotopic (exact) mass is 460 g/mol. The third-order valence-electron chi connectivity index (χ3n) is 5.37. The second kappa shape index (κ2) is 10.5. The van der Waals surface area contributed by atoms with Gasteiger partial charge in [-0.25, -0.2) is 9.50 Å². The van der Waals surface area contributed by atoms with E-state index >= 15 is 0 Å². The molecule has 1 N–H and O–H groups in total. The molecule has 0 aliphatic carbocycles. The molecule has 0 radical (unpaired) electrons. The zero-order valence-corrected chi connectivity index (χ0v) is 20.0. The number of benzene rings is 2. The number of nitrogens with one attached hydrogen (secondary N) is 1. The lowest BCUT2D eigenvalue weighted by Gasteiger charge is -2.19. The zero-order chi connectivity index (χ0) is 23.2. The summed E-state index contributed by atoms with van der Waals surface area (Å²) < 4.78 is 1.75. The smallest absolute Gasteiger partial charge is 0.253 e. The molecular formula is C25H28N6OS. The van der Waals surface area contributed by atoms with E-state index in [1.807, 2.05) is 62.4 Å². The summed E-state index contributed by atoms with van der Waals surface area (Å²) in [6, 6.07) is 19.9. The van der Waals surface area contributed by atoms with Gasteiger partial charge in [0.15, 0.2) is 0 Å². The quantitative estimate of drug-likeness (QED) is 0.297. The summed E-state index contributed by atoms with van der Waals surface area (Å²) in [4.78, 5) is 24.0. The molecule has 0 saturated heterocycles. The van der Waals surface area contributed by atoms with E-state index in [1.54, 1.807) is 4.52 Å². The Kier molecular flexibility index (Phi) is 7.24. The molecule has 0 bridgehead atoms. The third-order valence-corrected chi connectivity index (χ3v) is 6.26. The summed E-state index contributed by atoms with van der Waals surface area (Å²) in [6.45, 7) is 5.43. The number of amides is 1. The SMILES string of the molecule is Cc1cc(C)n2nc(SCc3ccccc3C(=O)NCCCN(C)c3ccccc3)nc2n1. The van der Waals surface area contributed by atoms with E-state index in [2.05, 4.69) is 44.5 Å². The van der Waals surface area contributed by atoms with Gasteiger partial charge in [-0.2, -0.15) is 4.98 Å². The Morgan fingerprint density at radius 3 is 2.64 bits per heavy atom. The summed E-state index contributed by atoms with van der Waals surface area (Å²) in [5, 5.41) is 8.25. The van der Waals surface area contributed by atoms with E-state index in [1.165, 1.54) is 17.4 Å². The molecule has 0 atom stereocenters. The Bertz CT molecular complexity index is 1240. The Hall–Kier alpha value is -3.39. The van der Waals surface area contributed by atoms with Gasteiger partial charge in [-0.3, -0.25) is 4.79 Å². The molecule has 4 rings (SSSR count). The zero-order valence-electron chi connectivity index (χ0n) is 19.2. The van der Waals surface area contributed by atoms with Gasteiger partial charge in [-0.15, -0.1) is 5.10 Å². The predicted octanol–water partition coefficient (Wildman–Crippen LogP) is 4.29. The highest BCUT2D eigenvalue weighted by molar-refractivity contribution is 7.98. The minimum absolute atomic E-state index is 0.0512. The molecule has 170 valence electrons. The molecule has 1 amide bonds. The van der Waals surface area contributed by atoms with E-state index in [9.17, 15) is 4.79 Å². The summed E-state index contributed by atoms with van der Waals surface area (Å²) in [5.41, 5.74) is 4.74. The molecule has 2 aromatic heterocycles. The van der Waals surface area contributed by atoms with Crippen molar-refractivity contribution in [3.63, 3.8) is 0 Å². The average Bonchev–Trinajstić information content (AvgIpc) is 3.24. The number of aryl methyl sites for hydroxylation is 2. The van der Waals surface area contributed by atoms with Crippen LogP contribution in [-0.4, -0.2) is 45.6 Å². The fourth-order valence-electron chi connectivity index (χ4n) is 3.64. The van der Waals surface area contributed by atoms with Crippen molar-refractivity contribution < 1.29 is 4.79 Å². The van der Waals surface area contributed by atoms with Crippen LogP contribution in [0.2, 0.25) is 0 Å². The number of carbonyl (C=O) groups is 1. The van der Waals surface area contributed by atoms with Crippen molar-refractivity contribution in [2.45, 2.75) is 31.2 Å². The molecule has 0 aliphatic rings. The minimum Gasteiger partial charge on any atom is -0.375 e. The minimum atomic E-state index is -0.0512. The summed E-state index contributed by atoms with van der Waals surface area (Å²) >= 11 is 1.51. The molecule has 0 spiro atoms. The number of fused-ring (bicyclic) bond motifs is 1. The van der Waals surface area contributed by atoms with Gasteiger partial charge in [0.25, 0.3) is 11.7 Å². The van der Waals surface area contributed by atoms with Gasteiger partial charge in [0.05, 0.1) is 0 Å². The highest BCUT2D eigenvalue weighted by Gasteiger charge is 2.13. The second-order valence-electron chi connectivity index (χ2n) is 7.96. The lowest BCUT2D eigenvalue weighted by molar-refractivity contribution is 0.0952. The second-order valence-corrected chi connectivity index (χ2v) is 8.90. The molecule has 0 aliphatic heterocycles. The Morgan fingerprint density at radius 1 is 1.06 bits per heavy atom. The van der Waals surface area contributed by atoms with Crippen molar-refractivity contribution in [1.82, 2.24) is 24.9 Å². The lowest BCUT2D eigenvalue weighted by Crippen LogP contribution is -2.28. The summed E-state index contributed by atoms with van der Waals surface area (Å²) in [7, 11) is 2.06. The number of aromatic nitrogens is 4. The first-order valence-corrected chi connectivity index (χ1v) is 12.0. The van der Waals surface area contributed by atoms with E-state index in [0.717, 1.165) is 29.9 Å². The van der Waals surface area contributed by atoms with Crippen LogP contribution in [0.1, 0.15) is 33.7 Å². The molecule has 0 unspecified atom stereocenters. The Morgan fingerprint density at radius 2 is 1.82 bits per heavy atom. The van der Waals surface area contributed by atoms with Gasteiger partial charge < -0.3 is 10.2 Å². The molecule has 2 aromatic carbocycles. The van der Waals surface area contributed by atoms with Crippen LogP contribution in [0, 0.1) is 13.8 Å². The van der Waals surface area contributed by atoms with Gasteiger partial charge >= 0.3 is 0 Å². The largest absolute Gasteiger partial charge is 0.375 e. The van der Waals surface area contributed by atoms with Gasteiger partial charge in [-0.1, -0.05) is 48.2 Å². The van der Waals surface area contributed by atoms with Gasteiger partial charge in [0.1, 0.15) is 0 Å². The van der Waals surface area contributed by atoms with Crippen LogP contribution in [0.25, 0.3) is 5.78 Å². The Balaban J connectivity index is 1.33. The molecule has 33 heavy (non-hydrogen) atoms. The highest BCUT2D eigenvalue weighted by atomic mass is 32.2. The van der Waals surface area contributed by atoms with Crippen molar-refractivity contribution in [2.75, 3.05) is 25.0 Å². The Labute approximate surface area is 198 Å². The van der Waals surface area contributed by atoms with Crippen LogP contribution in [0.4, 0.5) is 5.69 Å². The fourth-order valence-corrected chi connectivity index (χ4v) is 4.47. The summed E-state index contributed by atoms with van der Waals surface area (Å²) in [6.07, 6.45) is 0.866. The van der Waals surface area contributed by atoms with Crippen molar-refractivity contribution in [2.24, 2.45) is 0 Å². The average molecular weight is 461 g/mol. The number of hydrogen-bond donors (Lipinski definition) is 1. The summed E-state index contributed by atoms with van der Waals surface area (Å²) in [5.74, 6) is 1.15. The van der Waals surface area contributed by atoms with Crippen LogP contribution >= 0.6 is 11.8 Å². The van der Waals surface area contributed by atoms with Crippen molar-refractivity contribution in [3.8, 4) is 0 Å². The molecule has 4 aromatic rings. The number of anilines is 1. The van der Waals surface area contributed by atoms with E-state index < -0.39 is 0 Å². The lowest BCUT2D eigenvalue weighted by atomic mass is 10.1. The molecule has 7 nitrogen and oxygen atoms in total. The van der Waals surface area contributed by atoms with E-state index in [-0.39, 0.29) is 5.91 Å². The molecule has 0 fully saturated rings. The standard InChI is InChI=1S/C25H28N6OS/c1-18-16-19(2)31-24(27-18)28-25(29-31)33-17-20-10-7-8-13-22(20)23(32)26-14-9-15-30(3)21-11-5-4-6-12-21/h4-8,10-13,16H,9,14-15,17H2,1-3H3,(H,26,32). The number of carbonyl (C=O) groups excluding carboxylic acids is 1. The predicted molar refractivity (Wildman–Crippen MR) is 133 cm³/mol. The maximum atomic E-state index is 12.8. The number of nitrogens with zero attached hydrogens (tertiary/aromatic N) is 5. The maximum Gasteiger partial charge on any atom is 0.253 e. The highest BCUT2D eigenvalue weighted by Crippen LogP contribution is 2.23. The number of hydrogen-bond acceptors (Lipinski definition) is 6. The van der Waals surface area contributed by atoms with Crippen molar-refractivity contribution >= 4 is 29.1 Å². The van der Waals surface area contributed by atoms with Gasteiger partial charge in [-0.05, 0) is 50.1 Å². The van der Waals surface area contributed by atoms with Crippen LogP contribution in [0.5, 0.6) is 0 Å². The normalized spacial score (nSPS) is 11.0. The molecular weight excluding hydrogens is 432 g/mol. The van der Waals surface area contributed by atoms with E-state index in [4.69, 9.17) is 0 Å². The number of thioether (sulfide) groups is 1. The van der Waals surface area contributed by atoms with Crippen LogP contribution < -0.4 is 10.2 Å². The fraction of sp³-hybridized carbons (Fsp3) is 0.280. The van der Waals surface area contributed by atoms with Crippen molar-refractivity contribution in [1.29, 1.82) is 0 Å². The molecule has 2 heterocycles. The van der Waals surface area contributed by atoms with E-state index in [0.29, 0.717) is 28.8 Å². The number of para-hydroxylation sites is 1. The first-order valence-electron chi connectivity index (χ1n) is 11.0. The third kappa shape index (κ3) is 5.70. The topological polar surface area (TPSA) is 75.4 Å². The van der Waals surface area contributed by atoms with Crippen molar-refractivity contribution in [3.05, 3.63) is 83.2 Å². The van der Waals surface area contributed by atoms with Crippen LogP contribution in [0.3, 0.4) is 0 Å². The first kappa shape index (κ1) is 22.8.